The number of halogens is 1. The van der Waals surface area contributed by atoms with Crippen molar-refractivity contribution in [2.75, 3.05) is 4.72 Å². The lowest BCUT2D eigenvalue weighted by atomic mass is 10.3. The van der Waals surface area contributed by atoms with Gasteiger partial charge in [0.2, 0.25) is 0 Å². The van der Waals surface area contributed by atoms with Gasteiger partial charge in [0.1, 0.15) is 5.82 Å². The van der Waals surface area contributed by atoms with Gasteiger partial charge in [0, 0.05) is 19.8 Å². The number of aromatic nitrogens is 2. The van der Waals surface area contributed by atoms with Crippen LogP contribution in [0, 0.1) is 12.7 Å². The van der Waals surface area contributed by atoms with Crippen LogP contribution in [0.15, 0.2) is 38.8 Å². The first kappa shape index (κ1) is 16.0. The lowest BCUT2D eigenvalue weighted by Crippen LogP contribution is -2.42. The maximum atomic E-state index is 13.1. The van der Waals surface area contributed by atoms with E-state index in [2.05, 4.69) is 4.72 Å². The van der Waals surface area contributed by atoms with E-state index in [9.17, 15) is 22.4 Å². The molecular formula is C13H14FN3O4S. The van der Waals surface area contributed by atoms with Gasteiger partial charge >= 0.3 is 5.69 Å². The minimum atomic E-state index is -4.26. The van der Waals surface area contributed by atoms with Crippen LogP contribution in [0.4, 0.5) is 10.1 Å². The zero-order valence-electron chi connectivity index (χ0n) is 12.1. The Balaban J connectivity index is 2.65. The van der Waals surface area contributed by atoms with Gasteiger partial charge in [-0.15, -0.1) is 0 Å². The van der Waals surface area contributed by atoms with Crippen molar-refractivity contribution in [3.05, 3.63) is 56.6 Å². The Hall–Kier alpha value is -2.42. The average molecular weight is 327 g/mol. The molecule has 2 aromatic rings. The van der Waals surface area contributed by atoms with E-state index in [1.807, 2.05) is 0 Å². The second-order valence-corrected chi connectivity index (χ2v) is 6.36. The highest BCUT2D eigenvalue weighted by atomic mass is 32.2. The van der Waals surface area contributed by atoms with E-state index in [4.69, 9.17) is 0 Å². The summed E-state index contributed by atoms with van der Waals surface area (Å²) in [6.45, 7) is 1.35. The predicted octanol–water partition coefficient (Wildman–Crippen LogP) is 0.332. The van der Waals surface area contributed by atoms with E-state index in [-0.39, 0.29) is 11.4 Å². The molecule has 0 aliphatic carbocycles. The predicted molar refractivity (Wildman–Crippen MR) is 78.9 cm³/mol. The fraction of sp³-hybridized carbons (Fsp3) is 0.231. The summed E-state index contributed by atoms with van der Waals surface area (Å²) in [5.41, 5.74) is -1.59. The molecule has 0 unspecified atom stereocenters. The molecule has 118 valence electrons. The lowest BCUT2D eigenvalue weighted by molar-refractivity contribution is 0.583. The number of nitrogens with zero attached hydrogens (tertiary/aromatic N) is 2. The van der Waals surface area contributed by atoms with Gasteiger partial charge < -0.3 is 0 Å². The summed E-state index contributed by atoms with van der Waals surface area (Å²) in [5, 5.41) is 0. The first-order valence-electron chi connectivity index (χ1n) is 6.20. The molecule has 22 heavy (non-hydrogen) atoms. The van der Waals surface area contributed by atoms with Crippen molar-refractivity contribution < 1.29 is 12.8 Å². The van der Waals surface area contributed by atoms with Gasteiger partial charge in [-0.1, -0.05) is 6.07 Å². The Morgan fingerprint density at radius 1 is 1.14 bits per heavy atom. The Labute approximate surface area is 125 Å². The molecule has 0 saturated carbocycles. The van der Waals surface area contributed by atoms with Crippen molar-refractivity contribution in [3.8, 4) is 0 Å². The Bertz CT molecular complexity index is 960. The molecular weight excluding hydrogens is 313 g/mol. The van der Waals surface area contributed by atoms with E-state index >= 15 is 0 Å². The number of rotatable bonds is 3. The third-order valence-electron chi connectivity index (χ3n) is 3.25. The standard InChI is InChI=1S/C13H14FN3O4S/c1-8-11(12(18)17(3)13(19)16(8)2)22(20,21)15-10-6-4-5-9(14)7-10/h4-7,15H,1-3H3. The summed E-state index contributed by atoms with van der Waals surface area (Å²) in [5.74, 6) is -0.620. The van der Waals surface area contributed by atoms with Crippen molar-refractivity contribution in [1.29, 1.82) is 0 Å². The van der Waals surface area contributed by atoms with Crippen LogP contribution >= 0.6 is 0 Å². The van der Waals surface area contributed by atoms with Gasteiger partial charge in [-0.25, -0.2) is 17.6 Å². The van der Waals surface area contributed by atoms with Crippen LogP contribution in [0.3, 0.4) is 0 Å². The molecule has 0 aliphatic rings. The van der Waals surface area contributed by atoms with E-state index in [1.54, 1.807) is 0 Å². The molecule has 0 radical (unpaired) electrons. The number of nitrogens with one attached hydrogen (secondary N) is 1. The minimum absolute atomic E-state index is 0.00277. The molecule has 0 aliphatic heterocycles. The molecule has 0 saturated heterocycles. The molecule has 2 rings (SSSR count). The summed E-state index contributed by atoms with van der Waals surface area (Å²) >= 11 is 0. The smallest absolute Gasteiger partial charge is 0.300 e. The zero-order valence-corrected chi connectivity index (χ0v) is 12.9. The number of benzene rings is 1. The van der Waals surface area contributed by atoms with Crippen LogP contribution in [0.25, 0.3) is 0 Å². The van der Waals surface area contributed by atoms with Crippen molar-refractivity contribution in [2.24, 2.45) is 14.1 Å². The third-order valence-corrected chi connectivity index (χ3v) is 4.76. The average Bonchev–Trinajstić information content (AvgIpc) is 2.42. The van der Waals surface area contributed by atoms with Crippen LogP contribution in [-0.4, -0.2) is 17.6 Å². The first-order valence-corrected chi connectivity index (χ1v) is 7.68. The first-order chi connectivity index (χ1) is 10.1. The third kappa shape index (κ3) is 2.67. The summed E-state index contributed by atoms with van der Waals surface area (Å²) < 4.78 is 41.8. The van der Waals surface area contributed by atoms with E-state index in [0.29, 0.717) is 4.57 Å². The molecule has 1 heterocycles. The van der Waals surface area contributed by atoms with Crippen molar-refractivity contribution in [3.63, 3.8) is 0 Å². The number of hydrogen-bond donors (Lipinski definition) is 1. The number of anilines is 1. The molecule has 0 amide bonds. The Kier molecular flexibility index (Phi) is 3.92. The maximum Gasteiger partial charge on any atom is 0.330 e. The lowest BCUT2D eigenvalue weighted by Gasteiger charge is -2.13. The van der Waals surface area contributed by atoms with Crippen molar-refractivity contribution >= 4 is 15.7 Å². The summed E-state index contributed by atoms with van der Waals surface area (Å²) in [7, 11) is -1.72. The molecule has 0 spiro atoms. The maximum absolute atomic E-state index is 13.1. The largest absolute Gasteiger partial charge is 0.330 e. The second-order valence-electron chi connectivity index (χ2n) is 4.74. The van der Waals surface area contributed by atoms with Gasteiger partial charge in [0.25, 0.3) is 15.6 Å². The molecule has 9 heteroatoms. The van der Waals surface area contributed by atoms with Crippen LogP contribution in [0.2, 0.25) is 0 Å². The van der Waals surface area contributed by atoms with Gasteiger partial charge in [-0.05, 0) is 25.1 Å². The quantitative estimate of drug-likeness (QED) is 0.880. The molecule has 7 nitrogen and oxygen atoms in total. The minimum Gasteiger partial charge on any atom is -0.300 e. The van der Waals surface area contributed by atoms with Crippen molar-refractivity contribution in [1.82, 2.24) is 9.13 Å². The molecule has 1 aromatic carbocycles. The normalized spacial score (nSPS) is 11.5. The van der Waals surface area contributed by atoms with Crippen molar-refractivity contribution in [2.45, 2.75) is 11.8 Å². The highest BCUT2D eigenvalue weighted by molar-refractivity contribution is 7.92. The second kappa shape index (κ2) is 5.41. The monoisotopic (exact) mass is 327 g/mol. The Morgan fingerprint density at radius 2 is 1.77 bits per heavy atom. The van der Waals surface area contributed by atoms with E-state index in [1.165, 1.54) is 33.2 Å². The van der Waals surface area contributed by atoms with Crippen LogP contribution in [-0.2, 0) is 24.1 Å². The van der Waals surface area contributed by atoms with E-state index < -0.39 is 32.0 Å². The number of sulfonamides is 1. The van der Waals surface area contributed by atoms with Crippen LogP contribution < -0.4 is 16.0 Å². The molecule has 0 fully saturated rings. The summed E-state index contributed by atoms with van der Waals surface area (Å²) in [6, 6.07) is 4.83. The highest BCUT2D eigenvalue weighted by Crippen LogP contribution is 2.16. The molecule has 0 atom stereocenters. The van der Waals surface area contributed by atoms with E-state index in [0.717, 1.165) is 16.7 Å². The van der Waals surface area contributed by atoms with Crippen LogP contribution in [0.5, 0.6) is 0 Å². The summed E-state index contributed by atoms with van der Waals surface area (Å²) in [6.07, 6.45) is 0. The van der Waals surface area contributed by atoms with Gasteiger partial charge in [-0.3, -0.25) is 18.7 Å². The SMILES string of the molecule is Cc1c(S(=O)(=O)Nc2cccc(F)c2)c(=O)n(C)c(=O)n1C. The fourth-order valence-electron chi connectivity index (χ4n) is 1.98. The van der Waals surface area contributed by atoms with Gasteiger partial charge in [-0.2, -0.15) is 0 Å². The highest BCUT2D eigenvalue weighted by Gasteiger charge is 2.25. The molecule has 1 N–H and O–H groups in total. The van der Waals surface area contributed by atoms with Gasteiger partial charge in [0.15, 0.2) is 4.90 Å². The van der Waals surface area contributed by atoms with Gasteiger partial charge in [0.05, 0.1) is 5.69 Å². The fourth-order valence-corrected chi connectivity index (χ4v) is 3.41. The molecule has 0 bridgehead atoms. The summed E-state index contributed by atoms with van der Waals surface area (Å²) in [4.78, 5) is 23.3. The Morgan fingerprint density at radius 3 is 2.36 bits per heavy atom. The van der Waals surface area contributed by atoms with Crippen LogP contribution in [0.1, 0.15) is 5.69 Å². The zero-order chi connectivity index (χ0) is 16.7. The molecule has 1 aromatic heterocycles. The number of hydrogen-bond acceptors (Lipinski definition) is 4. The topological polar surface area (TPSA) is 90.2 Å².